The molecule has 2 N–H and O–H groups in total. The van der Waals surface area contributed by atoms with Gasteiger partial charge in [-0.3, -0.25) is 9.59 Å². The zero-order chi connectivity index (χ0) is 21.5. The Kier molecular flexibility index (Phi) is 4.98. The number of aromatic amines is 1. The first-order chi connectivity index (χ1) is 15.0. The van der Waals surface area contributed by atoms with Crippen molar-refractivity contribution in [3.05, 3.63) is 59.3 Å². The average Bonchev–Trinajstić information content (AvgIpc) is 3.42. The lowest BCUT2D eigenvalue weighted by atomic mass is 10.1. The van der Waals surface area contributed by atoms with Crippen LogP contribution in [0, 0.1) is 19.8 Å². The molecule has 31 heavy (non-hydrogen) atoms. The number of thiazole rings is 1. The molecule has 0 radical (unpaired) electrons. The van der Waals surface area contributed by atoms with Crippen LogP contribution in [0.15, 0.2) is 42.6 Å². The molecule has 1 fully saturated rings. The quantitative estimate of drug-likeness (QED) is 0.490. The highest BCUT2D eigenvalue weighted by molar-refractivity contribution is 7.22. The van der Waals surface area contributed by atoms with Crippen molar-refractivity contribution in [2.45, 2.75) is 26.7 Å². The maximum Gasteiger partial charge on any atom is 0.231 e. The molecule has 1 aliphatic rings. The number of carbonyl (C=O) groups excluding carboxylic acids is 2. The number of anilines is 1. The summed E-state index contributed by atoms with van der Waals surface area (Å²) in [6.45, 7) is 5.18. The number of fused-ring (bicyclic) bond motifs is 2. The van der Waals surface area contributed by atoms with Crippen molar-refractivity contribution < 1.29 is 9.59 Å². The highest BCUT2D eigenvalue weighted by Gasteiger charge is 2.34. The van der Waals surface area contributed by atoms with E-state index in [1.165, 1.54) is 27.8 Å². The molecule has 2 aromatic heterocycles. The third-order valence-electron chi connectivity index (χ3n) is 5.93. The van der Waals surface area contributed by atoms with Crippen molar-refractivity contribution >= 4 is 49.4 Å². The van der Waals surface area contributed by atoms with Crippen molar-refractivity contribution in [2.75, 3.05) is 18.4 Å². The highest BCUT2D eigenvalue weighted by atomic mass is 32.1. The van der Waals surface area contributed by atoms with Crippen LogP contribution in [0.25, 0.3) is 21.1 Å². The summed E-state index contributed by atoms with van der Waals surface area (Å²) in [6, 6.07) is 12.4. The van der Waals surface area contributed by atoms with E-state index in [0.717, 1.165) is 27.7 Å². The molecule has 1 saturated heterocycles. The van der Waals surface area contributed by atoms with Gasteiger partial charge in [0.25, 0.3) is 0 Å². The van der Waals surface area contributed by atoms with Crippen molar-refractivity contribution in [3.8, 4) is 0 Å². The smallest absolute Gasteiger partial charge is 0.231 e. The minimum absolute atomic E-state index is 0.0381. The molecule has 0 spiro atoms. The van der Waals surface area contributed by atoms with E-state index in [-0.39, 0.29) is 24.2 Å². The highest BCUT2D eigenvalue weighted by Crippen LogP contribution is 2.28. The lowest BCUT2D eigenvalue weighted by molar-refractivity contribution is -0.128. The largest absolute Gasteiger partial charge is 0.361 e. The Morgan fingerprint density at radius 1 is 1.23 bits per heavy atom. The first-order valence-electron chi connectivity index (χ1n) is 10.5. The minimum Gasteiger partial charge on any atom is -0.361 e. The van der Waals surface area contributed by atoms with Gasteiger partial charge < -0.3 is 15.2 Å². The molecule has 7 heteroatoms. The fourth-order valence-corrected chi connectivity index (χ4v) is 5.18. The van der Waals surface area contributed by atoms with Crippen LogP contribution in [0.3, 0.4) is 0 Å². The average molecular weight is 433 g/mol. The Bertz CT molecular complexity index is 1310. The number of nitrogens with one attached hydrogen (secondary N) is 2. The van der Waals surface area contributed by atoms with Gasteiger partial charge in [0.15, 0.2) is 5.13 Å². The number of rotatable bonds is 5. The van der Waals surface area contributed by atoms with Crippen molar-refractivity contribution in [1.29, 1.82) is 0 Å². The van der Waals surface area contributed by atoms with Crippen LogP contribution in [0.2, 0.25) is 0 Å². The molecule has 2 aromatic carbocycles. The number of aromatic nitrogens is 2. The zero-order valence-corrected chi connectivity index (χ0v) is 18.4. The maximum atomic E-state index is 12.8. The zero-order valence-electron chi connectivity index (χ0n) is 17.6. The van der Waals surface area contributed by atoms with E-state index in [4.69, 9.17) is 0 Å². The summed E-state index contributed by atoms with van der Waals surface area (Å²) in [7, 11) is 0. The topological polar surface area (TPSA) is 78.1 Å². The SMILES string of the molecule is Cc1ccc2nc(NC(=O)[C@H]3CC(=O)N(CCc4c[nH]c5ccc(C)cc45)C3)sc2c1. The van der Waals surface area contributed by atoms with E-state index in [2.05, 4.69) is 46.5 Å². The van der Waals surface area contributed by atoms with Gasteiger partial charge >= 0.3 is 0 Å². The Labute approximate surface area is 184 Å². The summed E-state index contributed by atoms with van der Waals surface area (Å²) in [5.41, 5.74) is 5.56. The van der Waals surface area contributed by atoms with Crippen LogP contribution in [0.4, 0.5) is 5.13 Å². The van der Waals surface area contributed by atoms with Crippen LogP contribution < -0.4 is 5.32 Å². The van der Waals surface area contributed by atoms with E-state index in [1.807, 2.05) is 25.3 Å². The molecule has 2 amide bonds. The second kappa shape index (κ2) is 7.81. The number of hydrogen-bond donors (Lipinski definition) is 2. The van der Waals surface area contributed by atoms with Crippen LogP contribution in [0.1, 0.15) is 23.1 Å². The molecular weight excluding hydrogens is 408 g/mol. The molecule has 0 bridgehead atoms. The fraction of sp³-hybridized carbons (Fsp3) is 0.292. The molecule has 3 heterocycles. The van der Waals surface area contributed by atoms with Crippen LogP contribution in [-0.2, 0) is 16.0 Å². The predicted octanol–water partition coefficient (Wildman–Crippen LogP) is 4.42. The molecular formula is C24H24N4O2S. The van der Waals surface area contributed by atoms with Gasteiger partial charge in [0, 0.05) is 36.6 Å². The Morgan fingerprint density at radius 3 is 2.90 bits per heavy atom. The molecule has 1 atom stereocenters. The number of carbonyl (C=O) groups is 2. The van der Waals surface area contributed by atoms with Gasteiger partial charge in [0.1, 0.15) is 0 Å². The predicted molar refractivity (Wildman–Crippen MR) is 124 cm³/mol. The fourth-order valence-electron chi connectivity index (χ4n) is 4.21. The van der Waals surface area contributed by atoms with E-state index in [9.17, 15) is 9.59 Å². The number of aryl methyl sites for hydroxylation is 2. The summed E-state index contributed by atoms with van der Waals surface area (Å²) < 4.78 is 1.05. The summed E-state index contributed by atoms with van der Waals surface area (Å²) in [5, 5.41) is 4.71. The molecule has 5 rings (SSSR count). The van der Waals surface area contributed by atoms with Gasteiger partial charge in [-0.25, -0.2) is 4.98 Å². The van der Waals surface area contributed by atoms with Gasteiger partial charge in [-0.2, -0.15) is 0 Å². The normalized spacial score (nSPS) is 16.5. The van der Waals surface area contributed by atoms with Gasteiger partial charge in [-0.1, -0.05) is 29.0 Å². The standard InChI is InChI=1S/C24H24N4O2S/c1-14-3-5-19-18(9-14)16(12-25-19)7-8-28-13-17(11-22(28)29)23(30)27-24-26-20-6-4-15(2)10-21(20)31-24/h3-6,9-10,12,17,25H,7-8,11,13H2,1-2H3,(H,26,27,30)/t17-/m0/s1. The van der Waals surface area contributed by atoms with Crippen molar-refractivity contribution in [1.82, 2.24) is 14.9 Å². The first-order valence-corrected chi connectivity index (χ1v) is 11.3. The van der Waals surface area contributed by atoms with Gasteiger partial charge in [0.2, 0.25) is 11.8 Å². The summed E-state index contributed by atoms with van der Waals surface area (Å²) in [4.78, 5) is 34.9. The summed E-state index contributed by atoms with van der Waals surface area (Å²) in [6.07, 6.45) is 3.03. The Balaban J connectivity index is 1.22. The molecule has 0 saturated carbocycles. The molecule has 158 valence electrons. The van der Waals surface area contributed by atoms with E-state index in [1.54, 1.807) is 4.90 Å². The second-order valence-corrected chi connectivity index (χ2v) is 9.36. The van der Waals surface area contributed by atoms with E-state index >= 15 is 0 Å². The molecule has 6 nitrogen and oxygen atoms in total. The van der Waals surface area contributed by atoms with E-state index in [0.29, 0.717) is 18.2 Å². The number of amides is 2. The van der Waals surface area contributed by atoms with Gasteiger partial charge in [-0.15, -0.1) is 0 Å². The maximum absolute atomic E-state index is 12.8. The molecule has 1 aliphatic heterocycles. The Hall–Kier alpha value is -3.19. The summed E-state index contributed by atoms with van der Waals surface area (Å²) in [5.74, 6) is -0.433. The summed E-state index contributed by atoms with van der Waals surface area (Å²) >= 11 is 1.47. The number of H-pyrrole nitrogens is 1. The molecule has 4 aromatic rings. The van der Waals surface area contributed by atoms with Gasteiger partial charge in [-0.05, 0) is 55.7 Å². The van der Waals surface area contributed by atoms with Crippen molar-refractivity contribution in [2.24, 2.45) is 5.92 Å². The van der Waals surface area contributed by atoms with E-state index < -0.39 is 0 Å². The number of benzene rings is 2. The van der Waals surface area contributed by atoms with Crippen LogP contribution in [0.5, 0.6) is 0 Å². The number of hydrogen-bond acceptors (Lipinski definition) is 4. The number of nitrogens with zero attached hydrogens (tertiary/aromatic N) is 2. The van der Waals surface area contributed by atoms with Crippen LogP contribution >= 0.6 is 11.3 Å². The van der Waals surface area contributed by atoms with Crippen molar-refractivity contribution in [3.63, 3.8) is 0 Å². The number of likely N-dealkylation sites (tertiary alicyclic amines) is 1. The lowest BCUT2D eigenvalue weighted by Crippen LogP contribution is -2.29. The lowest BCUT2D eigenvalue weighted by Gasteiger charge is -2.16. The minimum atomic E-state index is -0.341. The second-order valence-electron chi connectivity index (χ2n) is 8.33. The first kappa shape index (κ1) is 19.8. The molecule has 0 aliphatic carbocycles. The molecule has 0 unspecified atom stereocenters. The monoisotopic (exact) mass is 432 g/mol. The third kappa shape index (κ3) is 3.93. The van der Waals surface area contributed by atoms with Crippen LogP contribution in [-0.4, -0.2) is 39.8 Å². The Morgan fingerprint density at radius 2 is 2.03 bits per heavy atom. The van der Waals surface area contributed by atoms with Gasteiger partial charge in [0.05, 0.1) is 16.1 Å². The third-order valence-corrected chi connectivity index (χ3v) is 6.87.